The summed E-state index contributed by atoms with van der Waals surface area (Å²) in [4.78, 5) is 13.8. The molecule has 1 aliphatic rings. The highest BCUT2D eigenvalue weighted by Crippen LogP contribution is 2.27. The molecule has 4 heteroatoms. The van der Waals surface area contributed by atoms with Gasteiger partial charge in [0.05, 0.1) is 0 Å². The molecule has 1 aliphatic carbocycles. The molecule has 0 radical (unpaired) electrons. The van der Waals surface area contributed by atoms with Crippen molar-refractivity contribution < 1.29 is 9.53 Å². The molecule has 0 spiro atoms. The molecule has 1 saturated carbocycles. The molecule has 0 bridgehead atoms. The lowest BCUT2D eigenvalue weighted by molar-refractivity contribution is 0.0260. The topological polar surface area (TPSA) is 41.6 Å². The van der Waals surface area contributed by atoms with Crippen LogP contribution in [0.5, 0.6) is 0 Å². The van der Waals surface area contributed by atoms with E-state index in [1.807, 2.05) is 27.7 Å². The lowest BCUT2D eigenvalue weighted by Gasteiger charge is -2.27. The molecule has 0 aromatic carbocycles. The zero-order chi connectivity index (χ0) is 15.2. The molecule has 0 aliphatic heterocycles. The minimum atomic E-state index is -0.420. The van der Waals surface area contributed by atoms with Gasteiger partial charge in [0.2, 0.25) is 0 Å². The number of nitrogens with one attached hydrogen (secondary N) is 1. The molecule has 0 aromatic rings. The van der Waals surface area contributed by atoms with Gasteiger partial charge in [-0.25, -0.2) is 4.79 Å². The standard InChI is InChI=1S/C16H32N2O2/c1-6-13-9-8-10-14(13)17-11-12-18(7-2)15(19)20-16(3,4)5/h13-14,17H,6-12H2,1-5H3. The van der Waals surface area contributed by atoms with E-state index in [2.05, 4.69) is 12.2 Å². The van der Waals surface area contributed by atoms with Crippen LogP contribution < -0.4 is 5.32 Å². The van der Waals surface area contributed by atoms with E-state index in [1.165, 1.54) is 25.7 Å². The number of ether oxygens (including phenoxy) is 1. The second-order valence-electron chi connectivity index (χ2n) is 6.72. The van der Waals surface area contributed by atoms with Crippen LogP contribution in [0.1, 0.15) is 60.3 Å². The van der Waals surface area contributed by atoms with E-state index < -0.39 is 5.60 Å². The maximum absolute atomic E-state index is 12.0. The van der Waals surface area contributed by atoms with Gasteiger partial charge >= 0.3 is 6.09 Å². The summed E-state index contributed by atoms with van der Waals surface area (Å²) in [5.74, 6) is 0.812. The van der Waals surface area contributed by atoms with Crippen molar-refractivity contribution in [3.8, 4) is 0 Å². The summed E-state index contributed by atoms with van der Waals surface area (Å²) in [6.45, 7) is 12.2. The SMILES string of the molecule is CCC1CCCC1NCCN(CC)C(=O)OC(C)(C)C. The molecule has 0 aromatic heterocycles. The Hall–Kier alpha value is -0.770. The van der Waals surface area contributed by atoms with Gasteiger partial charge < -0.3 is 15.0 Å². The summed E-state index contributed by atoms with van der Waals surface area (Å²) in [5, 5.41) is 3.62. The van der Waals surface area contributed by atoms with Crippen molar-refractivity contribution in [1.82, 2.24) is 10.2 Å². The number of amides is 1. The number of likely N-dealkylation sites (N-methyl/N-ethyl adjacent to an activating group) is 1. The van der Waals surface area contributed by atoms with Crippen molar-refractivity contribution in [3.05, 3.63) is 0 Å². The molecular weight excluding hydrogens is 252 g/mol. The molecular formula is C16H32N2O2. The average Bonchev–Trinajstić information content (AvgIpc) is 2.79. The van der Waals surface area contributed by atoms with Crippen molar-refractivity contribution >= 4 is 6.09 Å². The first-order valence-corrected chi connectivity index (χ1v) is 8.08. The van der Waals surface area contributed by atoms with Crippen LogP contribution >= 0.6 is 0 Å². The highest BCUT2D eigenvalue weighted by Gasteiger charge is 2.25. The van der Waals surface area contributed by atoms with Crippen molar-refractivity contribution in [2.24, 2.45) is 5.92 Å². The van der Waals surface area contributed by atoms with Crippen LogP contribution in [0.3, 0.4) is 0 Å². The van der Waals surface area contributed by atoms with Gasteiger partial charge in [0.25, 0.3) is 0 Å². The fourth-order valence-corrected chi connectivity index (χ4v) is 2.88. The fourth-order valence-electron chi connectivity index (χ4n) is 2.88. The van der Waals surface area contributed by atoms with Crippen LogP contribution in [-0.4, -0.2) is 42.3 Å². The van der Waals surface area contributed by atoms with Gasteiger partial charge in [-0.05, 0) is 46.5 Å². The Morgan fingerprint density at radius 1 is 1.30 bits per heavy atom. The maximum atomic E-state index is 12.0. The van der Waals surface area contributed by atoms with E-state index in [4.69, 9.17) is 4.74 Å². The quantitative estimate of drug-likeness (QED) is 0.812. The normalized spacial score (nSPS) is 22.9. The Bertz CT molecular complexity index is 299. The minimum Gasteiger partial charge on any atom is -0.444 e. The molecule has 1 rings (SSSR count). The zero-order valence-corrected chi connectivity index (χ0v) is 13.9. The highest BCUT2D eigenvalue weighted by molar-refractivity contribution is 5.68. The van der Waals surface area contributed by atoms with E-state index in [0.29, 0.717) is 12.6 Å². The van der Waals surface area contributed by atoms with Crippen molar-refractivity contribution in [2.75, 3.05) is 19.6 Å². The number of hydrogen-bond donors (Lipinski definition) is 1. The second kappa shape index (κ2) is 7.87. The molecule has 20 heavy (non-hydrogen) atoms. The van der Waals surface area contributed by atoms with Crippen LogP contribution in [0.4, 0.5) is 4.79 Å². The van der Waals surface area contributed by atoms with Crippen LogP contribution in [-0.2, 0) is 4.74 Å². The van der Waals surface area contributed by atoms with Gasteiger partial charge in [-0.15, -0.1) is 0 Å². The van der Waals surface area contributed by atoms with E-state index in [0.717, 1.165) is 19.0 Å². The van der Waals surface area contributed by atoms with Gasteiger partial charge in [0, 0.05) is 25.7 Å². The van der Waals surface area contributed by atoms with E-state index in [1.54, 1.807) is 4.90 Å². The van der Waals surface area contributed by atoms with Gasteiger partial charge in [-0.3, -0.25) is 0 Å². The second-order valence-corrected chi connectivity index (χ2v) is 6.72. The summed E-state index contributed by atoms with van der Waals surface area (Å²) >= 11 is 0. The Kier molecular flexibility index (Phi) is 6.80. The molecule has 1 amide bonds. The van der Waals surface area contributed by atoms with Gasteiger partial charge in [0.15, 0.2) is 0 Å². The first kappa shape index (κ1) is 17.3. The molecule has 4 nitrogen and oxygen atoms in total. The molecule has 1 fully saturated rings. The first-order chi connectivity index (χ1) is 9.37. The molecule has 1 N–H and O–H groups in total. The van der Waals surface area contributed by atoms with Crippen LogP contribution in [0.2, 0.25) is 0 Å². The highest BCUT2D eigenvalue weighted by atomic mass is 16.6. The smallest absolute Gasteiger partial charge is 0.410 e. The van der Waals surface area contributed by atoms with Crippen molar-refractivity contribution in [3.63, 3.8) is 0 Å². The largest absolute Gasteiger partial charge is 0.444 e. The molecule has 118 valence electrons. The van der Waals surface area contributed by atoms with Crippen molar-refractivity contribution in [2.45, 2.75) is 71.9 Å². The lowest BCUT2D eigenvalue weighted by Crippen LogP contribution is -2.42. The summed E-state index contributed by atoms with van der Waals surface area (Å²) < 4.78 is 5.41. The number of carbonyl (C=O) groups excluding carboxylic acids is 1. The molecule has 0 saturated heterocycles. The third-order valence-corrected chi connectivity index (χ3v) is 4.01. The first-order valence-electron chi connectivity index (χ1n) is 8.08. The fraction of sp³-hybridized carbons (Fsp3) is 0.938. The Balaban J connectivity index is 2.32. The Morgan fingerprint density at radius 2 is 2.00 bits per heavy atom. The third-order valence-electron chi connectivity index (χ3n) is 4.01. The third kappa shape index (κ3) is 5.70. The van der Waals surface area contributed by atoms with E-state index in [-0.39, 0.29) is 6.09 Å². The van der Waals surface area contributed by atoms with Crippen molar-refractivity contribution in [1.29, 1.82) is 0 Å². The predicted octanol–water partition coefficient (Wildman–Crippen LogP) is 3.41. The van der Waals surface area contributed by atoms with E-state index in [9.17, 15) is 4.79 Å². The average molecular weight is 284 g/mol. The van der Waals surface area contributed by atoms with E-state index >= 15 is 0 Å². The van der Waals surface area contributed by atoms with Gasteiger partial charge in [0.1, 0.15) is 5.60 Å². The number of rotatable bonds is 6. The minimum absolute atomic E-state index is 0.208. The summed E-state index contributed by atoms with van der Waals surface area (Å²) in [6.07, 6.45) is 5.00. The molecule has 0 heterocycles. The zero-order valence-electron chi connectivity index (χ0n) is 13.9. The monoisotopic (exact) mass is 284 g/mol. The number of nitrogens with zero attached hydrogens (tertiary/aromatic N) is 1. The molecule has 2 atom stereocenters. The lowest BCUT2D eigenvalue weighted by atomic mass is 10.0. The predicted molar refractivity (Wildman–Crippen MR) is 82.9 cm³/mol. The number of carbonyl (C=O) groups is 1. The number of hydrogen-bond acceptors (Lipinski definition) is 3. The summed E-state index contributed by atoms with van der Waals surface area (Å²) in [6, 6.07) is 0.636. The van der Waals surface area contributed by atoms with Crippen LogP contribution in [0.15, 0.2) is 0 Å². The van der Waals surface area contributed by atoms with Crippen LogP contribution in [0.25, 0.3) is 0 Å². The molecule has 2 unspecified atom stereocenters. The van der Waals surface area contributed by atoms with Crippen LogP contribution in [0, 0.1) is 5.92 Å². The maximum Gasteiger partial charge on any atom is 0.410 e. The summed E-state index contributed by atoms with van der Waals surface area (Å²) in [7, 11) is 0. The Labute approximate surface area is 124 Å². The summed E-state index contributed by atoms with van der Waals surface area (Å²) in [5.41, 5.74) is -0.420. The van der Waals surface area contributed by atoms with Gasteiger partial charge in [-0.2, -0.15) is 0 Å². The Morgan fingerprint density at radius 3 is 2.55 bits per heavy atom. The van der Waals surface area contributed by atoms with Gasteiger partial charge in [-0.1, -0.05) is 19.8 Å².